The minimum Gasteiger partial charge on any atom is -0.388 e. The lowest BCUT2D eigenvalue weighted by molar-refractivity contribution is -0.311. The molecule has 0 radical (unpaired) electrons. The van der Waals surface area contributed by atoms with Gasteiger partial charge in [-0.05, 0) is 13.3 Å². The highest BCUT2D eigenvalue weighted by molar-refractivity contribution is 5.73. The molecule has 0 bridgehead atoms. The molecule has 11 nitrogen and oxygen atoms in total. The monoisotopic (exact) mass is 422 g/mol. The Morgan fingerprint density at radius 3 is 2.55 bits per heavy atom. The van der Waals surface area contributed by atoms with Crippen LogP contribution in [0.5, 0.6) is 0 Å². The number of aliphatic hydroxyl groups is 3. The predicted octanol–water partition coefficient (Wildman–Crippen LogP) is -2.17. The molecule has 0 aromatic rings. The Balaban J connectivity index is 2.09. The number of hydrogen-bond donors (Lipinski definition) is 5. The fraction of sp³-hybridized carbons (Fsp3) is 0.944. The maximum atomic E-state index is 11.8. The molecule has 0 saturated carbocycles. The van der Waals surface area contributed by atoms with E-state index in [-0.39, 0.29) is 19.1 Å². The van der Waals surface area contributed by atoms with Crippen molar-refractivity contribution in [3.8, 4) is 0 Å². The highest BCUT2D eigenvalue weighted by Crippen LogP contribution is 2.27. The van der Waals surface area contributed by atoms with Crippen LogP contribution in [0.1, 0.15) is 27.2 Å². The van der Waals surface area contributed by atoms with Crippen LogP contribution in [0.25, 0.3) is 0 Å². The van der Waals surface area contributed by atoms with E-state index in [0.717, 1.165) is 6.42 Å². The van der Waals surface area contributed by atoms with Crippen LogP contribution in [0.15, 0.2) is 0 Å². The van der Waals surface area contributed by atoms with Gasteiger partial charge in [0.15, 0.2) is 12.6 Å². The van der Waals surface area contributed by atoms with Gasteiger partial charge < -0.3 is 50.1 Å². The van der Waals surface area contributed by atoms with E-state index < -0.39 is 55.2 Å². The first-order chi connectivity index (χ1) is 13.8. The van der Waals surface area contributed by atoms with Crippen molar-refractivity contribution < 1.29 is 43.8 Å². The third kappa shape index (κ3) is 6.54. The van der Waals surface area contributed by atoms with Crippen LogP contribution in [0.2, 0.25) is 0 Å². The quantitative estimate of drug-likeness (QED) is 0.259. The minimum atomic E-state index is -1.48. The zero-order chi connectivity index (χ0) is 21.6. The average Bonchev–Trinajstić information content (AvgIpc) is 2.67. The van der Waals surface area contributed by atoms with Gasteiger partial charge in [0.2, 0.25) is 5.91 Å². The van der Waals surface area contributed by atoms with Gasteiger partial charge in [-0.25, -0.2) is 0 Å². The van der Waals surface area contributed by atoms with E-state index in [1.54, 1.807) is 6.92 Å². The van der Waals surface area contributed by atoms with Gasteiger partial charge in [0, 0.05) is 13.5 Å². The van der Waals surface area contributed by atoms with Gasteiger partial charge in [-0.1, -0.05) is 6.92 Å². The van der Waals surface area contributed by atoms with Gasteiger partial charge in [0.1, 0.15) is 30.5 Å². The Hall–Kier alpha value is -0.890. The smallest absolute Gasteiger partial charge is 0.217 e. The number of amides is 1. The standard InChI is InChI=1S/C18H34N2O9/c1-4-5-25-6-7-26-17-13(20-10(3)21)16(12(19)9(2)28-17)29-18-15(24)14(23)11(22)8-27-18/h9,11-18,22-24H,4-8,19H2,1-3H3,(H,20,21). The van der Waals surface area contributed by atoms with Crippen LogP contribution in [0, 0.1) is 0 Å². The molecule has 2 saturated heterocycles. The van der Waals surface area contributed by atoms with Gasteiger partial charge in [-0.2, -0.15) is 0 Å². The Kier molecular flexibility index (Phi) is 9.66. The van der Waals surface area contributed by atoms with Crippen molar-refractivity contribution in [2.45, 2.75) is 82.4 Å². The molecule has 6 N–H and O–H groups in total. The molecule has 2 fully saturated rings. The predicted molar refractivity (Wildman–Crippen MR) is 99.6 cm³/mol. The maximum Gasteiger partial charge on any atom is 0.217 e. The summed E-state index contributed by atoms with van der Waals surface area (Å²) in [6, 6.07) is -1.47. The van der Waals surface area contributed by atoms with Gasteiger partial charge in [0.25, 0.3) is 0 Å². The van der Waals surface area contributed by atoms with Crippen molar-refractivity contribution in [3.63, 3.8) is 0 Å². The van der Waals surface area contributed by atoms with Crippen LogP contribution in [-0.2, 0) is 28.5 Å². The second kappa shape index (κ2) is 11.5. The number of aliphatic hydroxyl groups excluding tert-OH is 3. The number of carbonyl (C=O) groups is 1. The molecule has 1 amide bonds. The summed E-state index contributed by atoms with van der Waals surface area (Å²) in [7, 11) is 0. The normalized spacial score (nSPS) is 40.6. The Morgan fingerprint density at radius 1 is 1.17 bits per heavy atom. The molecule has 29 heavy (non-hydrogen) atoms. The molecule has 9 atom stereocenters. The van der Waals surface area contributed by atoms with Crippen LogP contribution >= 0.6 is 0 Å². The molecule has 9 unspecified atom stereocenters. The third-order valence-electron chi connectivity index (χ3n) is 4.89. The summed E-state index contributed by atoms with van der Waals surface area (Å²) in [5, 5.41) is 32.4. The van der Waals surface area contributed by atoms with Crippen molar-refractivity contribution in [1.29, 1.82) is 0 Å². The van der Waals surface area contributed by atoms with E-state index in [0.29, 0.717) is 13.2 Å². The number of nitrogens with two attached hydrogens (primary N) is 1. The van der Waals surface area contributed by atoms with Crippen LogP contribution in [-0.4, -0.2) is 103 Å². The van der Waals surface area contributed by atoms with E-state index in [1.165, 1.54) is 6.92 Å². The molecule has 2 rings (SSSR count). The summed E-state index contributed by atoms with van der Waals surface area (Å²) < 4.78 is 28.1. The summed E-state index contributed by atoms with van der Waals surface area (Å²) in [5.74, 6) is -0.342. The zero-order valence-corrected chi connectivity index (χ0v) is 17.1. The van der Waals surface area contributed by atoms with Crippen molar-refractivity contribution >= 4 is 5.91 Å². The SMILES string of the molecule is CCCOCCOC1OC(C)C(N)C(OC2OCC(O)C(O)C2O)C1NC(C)=O. The van der Waals surface area contributed by atoms with E-state index >= 15 is 0 Å². The Bertz CT molecular complexity index is 512. The van der Waals surface area contributed by atoms with E-state index in [1.807, 2.05) is 6.92 Å². The van der Waals surface area contributed by atoms with Crippen molar-refractivity contribution in [2.24, 2.45) is 5.73 Å². The first-order valence-corrected chi connectivity index (χ1v) is 9.95. The van der Waals surface area contributed by atoms with Crippen LogP contribution in [0.4, 0.5) is 0 Å². The van der Waals surface area contributed by atoms with Gasteiger partial charge in [0.05, 0.1) is 32.0 Å². The molecule has 0 aliphatic carbocycles. The first-order valence-electron chi connectivity index (χ1n) is 9.95. The minimum absolute atomic E-state index is 0.212. The van der Waals surface area contributed by atoms with Gasteiger partial charge >= 0.3 is 0 Å². The molecule has 2 heterocycles. The maximum absolute atomic E-state index is 11.8. The topological polar surface area (TPSA) is 162 Å². The number of nitrogens with one attached hydrogen (secondary N) is 1. The number of rotatable bonds is 9. The fourth-order valence-electron chi connectivity index (χ4n) is 3.27. The average molecular weight is 422 g/mol. The molecular formula is C18H34N2O9. The van der Waals surface area contributed by atoms with Crippen LogP contribution in [0.3, 0.4) is 0 Å². The molecule has 0 aromatic carbocycles. The third-order valence-corrected chi connectivity index (χ3v) is 4.89. The highest BCUT2D eigenvalue weighted by Gasteiger charge is 2.48. The molecular weight excluding hydrogens is 388 g/mol. The first kappa shape index (κ1) is 24.4. The summed E-state index contributed by atoms with van der Waals surface area (Å²) in [6.45, 7) is 6.09. The van der Waals surface area contributed by atoms with Crippen molar-refractivity contribution in [2.75, 3.05) is 26.4 Å². The number of carbonyl (C=O) groups excluding carboxylic acids is 1. The lowest BCUT2D eigenvalue weighted by Gasteiger charge is -2.46. The van der Waals surface area contributed by atoms with Crippen molar-refractivity contribution in [3.05, 3.63) is 0 Å². The summed E-state index contributed by atoms with van der Waals surface area (Å²) >= 11 is 0. The zero-order valence-electron chi connectivity index (χ0n) is 17.1. The van der Waals surface area contributed by atoms with E-state index in [2.05, 4.69) is 5.32 Å². The largest absolute Gasteiger partial charge is 0.388 e. The molecule has 2 aliphatic heterocycles. The van der Waals surface area contributed by atoms with Gasteiger partial charge in [-0.15, -0.1) is 0 Å². The second-order valence-corrected chi connectivity index (χ2v) is 7.35. The lowest BCUT2D eigenvalue weighted by Crippen LogP contribution is -2.68. The van der Waals surface area contributed by atoms with Crippen LogP contribution < -0.4 is 11.1 Å². The Morgan fingerprint density at radius 2 is 1.90 bits per heavy atom. The summed E-state index contributed by atoms with van der Waals surface area (Å²) in [4.78, 5) is 11.8. The molecule has 0 spiro atoms. The van der Waals surface area contributed by atoms with Crippen molar-refractivity contribution in [1.82, 2.24) is 5.32 Å². The molecule has 2 aliphatic rings. The molecule has 0 aromatic heterocycles. The Labute approximate surface area is 170 Å². The molecule has 11 heteroatoms. The van der Waals surface area contributed by atoms with Gasteiger partial charge in [-0.3, -0.25) is 4.79 Å². The second-order valence-electron chi connectivity index (χ2n) is 7.35. The highest BCUT2D eigenvalue weighted by atomic mass is 16.7. The number of ether oxygens (including phenoxy) is 5. The molecule has 170 valence electrons. The van der Waals surface area contributed by atoms with E-state index in [9.17, 15) is 20.1 Å². The lowest BCUT2D eigenvalue weighted by atomic mass is 9.95. The fourth-order valence-corrected chi connectivity index (χ4v) is 3.27. The summed E-state index contributed by atoms with van der Waals surface area (Å²) in [6.07, 6.45) is -6.67. The van der Waals surface area contributed by atoms with E-state index in [4.69, 9.17) is 29.4 Å². The summed E-state index contributed by atoms with van der Waals surface area (Å²) in [5.41, 5.74) is 6.24. The number of hydrogen-bond acceptors (Lipinski definition) is 10.